The molecule has 1 amide bonds. The number of pyridine rings is 2. The molecule has 0 aromatic carbocycles. The van der Waals surface area contributed by atoms with Crippen LogP contribution in [0.5, 0.6) is 0 Å². The minimum Gasteiger partial charge on any atom is -0.338 e. The van der Waals surface area contributed by atoms with Gasteiger partial charge in [-0.25, -0.2) is 15.0 Å². The Morgan fingerprint density at radius 1 is 1.13 bits per heavy atom. The van der Waals surface area contributed by atoms with Gasteiger partial charge >= 0.3 is 6.18 Å². The molecule has 1 aliphatic heterocycles. The van der Waals surface area contributed by atoms with E-state index >= 15 is 0 Å². The first-order valence-electron chi connectivity index (χ1n) is 9.22. The lowest BCUT2D eigenvalue weighted by Crippen LogP contribution is -2.28. The van der Waals surface area contributed by atoms with Crippen molar-refractivity contribution in [3.8, 4) is 0 Å². The number of aromatic nitrogens is 4. The first-order chi connectivity index (χ1) is 14.4. The third-order valence-corrected chi connectivity index (χ3v) is 4.81. The zero-order valence-corrected chi connectivity index (χ0v) is 15.7. The van der Waals surface area contributed by atoms with Crippen LogP contribution in [0.25, 0.3) is 0 Å². The number of nitrogens with zero attached hydrogens (tertiary/aromatic N) is 5. The van der Waals surface area contributed by atoms with Gasteiger partial charge in [-0.2, -0.15) is 13.2 Å². The maximum atomic E-state index is 12.9. The van der Waals surface area contributed by atoms with E-state index in [0.29, 0.717) is 24.3 Å². The average Bonchev–Trinajstić information content (AvgIpc) is 3.24. The molecule has 1 atom stereocenters. The van der Waals surface area contributed by atoms with Crippen LogP contribution in [0.4, 0.5) is 24.9 Å². The monoisotopic (exact) mass is 414 g/mol. The summed E-state index contributed by atoms with van der Waals surface area (Å²) >= 11 is 0. The van der Waals surface area contributed by atoms with E-state index in [4.69, 9.17) is 0 Å². The summed E-state index contributed by atoms with van der Waals surface area (Å²) in [5.41, 5.74) is 0.427. The highest BCUT2D eigenvalue weighted by Gasteiger charge is 2.31. The van der Waals surface area contributed by atoms with E-state index in [-0.39, 0.29) is 23.6 Å². The van der Waals surface area contributed by atoms with Crippen LogP contribution in [0.2, 0.25) is 0 Å². The number of anilines is 2. The molecule has 3 aromatic heterocycles. The van der Waals surface area contributed by atoms with Crippen molar-refractivity contribution in [1.29, 1.82) is 0 Å². The van der Waals surface area contributed by atoms with Gasteiger partial charge in [0.25, 0.3) is 5.91 Å². The summed E-state index contributed by atoms with van der Waals surface area (Å²) in [6, 6.07) is 6.98. The maximum absolute atomic E-state index is 12.9. The first-order valence-corrected chi connectivity index (χ1v) is 9.22. The minimum atomic E-state index is -4.46. The van der Waals surface area contributed by atoms with Crippen molar-refractivity contribution >= 4 is 17.7 Å². The van der Waals surface area contributed by atoms with Gasteiger partial charge in [0.2, 0.25) is 5.95 Å². The molecule has 0 saturated carbocycles. The number of likely N-dealkylation sites (tertiary alicyclic amines) is 1. The van der Waals surface area contributed by atoms with Crippen LogP contribution < -0.4 is 5.32 Å². The van der Waals surface area contributed by atoms with Crippen LogP contribution in [0.1, 0.15) is 34.0 Å². The molecule has 0 bridgehead atoms. The van der Waals surface area contributed by atoms with Crippen LogP contribution in [0, 0.1) is 0 Å². The predicted octanol–water partition coefficient (Wildman–Crippen LogP) is 3.66. The van der Waals surface area contributed by atoms with Gasteiger partial charge < -0.3 is 10.2 Å². The number of carbonyl (C=O) groups is 1. The van der Waals surface area contributed by atoms with Crippen molar-refractivity contribution < 1.29 is 18.0 Å². The van der Waals surface area contributed by atoms with E-state index < -0.39 is 11.7 Å². The Balaban J connectivity index is 1.46. The predicted molar refractivity (Wildman–Crippen MR) is 102 cm³/mol. The second-order valence-corrected chi connectivity index (χ2v) is 6.84. The Labute approximate surface area is 170 Å². The summed E-state index contributed by atoms with van der Waals surface area (Å²) in [5.74, 6) is 0.0629. The molecule has 4 rings (SSSR count). The quantitative estimate of drug-likeness (QED) is 0.702. The molecule has 154 valence electrons. The van der Waals surface area contributed by atoms with Gasteiger partial charge in [0.15, 0.2) is 0 Å². The lowest BCUT2D eigenvalue weighted by molar-refractivity contribution is -0.137. The Morgan fingerprint density at radius 3 is 2.73 bits per heavy atom. The van der Waals surface area contributed by atoms with Crippen molar-refractivity contribution in [1.82, 2.24) is 24.8 Å². The molecule has 3 aromatic rings. The second-order valence-electron chi connectivity index (χ2n) is 6.84. The van der Waals surface area contributed by atoms with E-state index in [1.807, 2.05) is 0 Å². The number of hydrogen-bond acceptors (Lipinski definition) is 6. The Morgan fingerprint density at radius 2 is 1.97 bits per heavy atom. The average molecular weight is 414 g/mol. The lowest BCUT2D eigenvalue weighted by atomic mass is 10.1. The smallest absolute Gasteiger partial charge is 0.338 e. The Hall–Kier alpha value is -3.56. The molecule has 7 nitrogen and oxygen atoms in total. The van der Waals surface area contributed by atoms with Gasteiger partial charge in [0.05, 0.1) is 16.8 Å². The molecule has 0 radical (unpaired) electrons. The molecule has 10 heteroatoms. The van der Waals surface area contributed by atoms with Gasteiger partial charge in [-0.15, -0.1) is 0 Å². The molecule has 1 fully saturated rings. The van der Waals surface area contributed by atoms with E-state index in [1.54, 1.807) is 29.3 Å². The summed E-state index contributed by atoms with van der Waals surface area (Å²) in [6.07, 6.45) is 2.01. The van der Waals surface area contributed by atoms with E-state index in [9.17, 15) is 18.0 Å². The largest absolute Gasteiger partial charge is 0.416 e. The van der Waals surface area contributed by atoms with Crippen LogP contribution in [0.15, 0.2) is 55.1 Å². The number of halogens is 3. The molecule has 1 aliphatic rings. The Bertz CT molecular complexity index is 1040. The first kappa shape index (κ1) is 19.7. The van der Waals surface area contributed by atoms with E-state index in [0.717, 1.165) is 24.8 Å². The van der Waals surface area contributed by atoms with Crippen LogP contribution >= 0.6 is 0 Å². The van der Waals surface area contributed by atoms with Crippen LogP contribution in [0.3, 0.4) is 0 Å². The Kier molecular flexibility index (Phi) is 5.30. The fraction of sp³-hybridized carbons (Fsp3) is 0.250. The molecule has 1 saturated heterocycles. The third-order valence-electron chi connectivity index (χ3n) is 4.81. The maximum Gasteiger partial charge on any atom is 0.416 e. The highest BCUT2D eigenvalue weighted by atomic mass is 19.4. The van der Waals surface area contributed by atoms with Crippen molar-refractivity contribution in [3.63, 3.8) is 0 Å². The van der Waals surface area contributed by atoms with E-state index in [2.05, 4.69) is 25.3 Å². The molecule has 0 aliphatic carbocycles. The summed E-state index contributed by atoms with van der Waals surface area (Å²) in [6.45, 7) is 1.08. The van der Waals surface area contributed by atoms with Gasteiger partial charge in [-0.1, -0.05) is 0 Å². The standard InChI is InChI=1S/C20H17F3N6O/c21-20(22,23)15-3-7-25-17(10-15)28-19-26-8-4-16(27-19)14-5-9-29(12-14)18(30)13-2-1-6-24-11-13/h1-4,6-8,10-11,14H,5,9,12H2,(H,25,26,27,28)/t14-/m1/s1. The van der Waals surface area contributed by atoms with E-state index in [1.165, 1.54) is 12.4 Å². The van der Waals surface area contributed by atoms with Gasteiger partial charge in [0.1, 0.15) is 5.82 Å². The molecule has 0 unspecified atom stereocenters. The van der Waals surface area contributed by atoms with Crippen molar-refractivity contribution in [3.05, 3.63) is 71.9 Å². The fourth-order valence-electron chi connectivity index (χ4n) is 3.31. The molecule has 1 N–H and O–H groups in total. The molecule has 30 heavy (non-hydrogen) atoms. The SMILES string of the molecule is O=C(c1cccnc1)N1CC[C@@H](c2ccnc(Nc3cc(C(F)(F)F)ccn3)n2)C1. The highest BCUT2D eigenvalue weighted by Crippen LogP contribution is 2.31. The van der Waals surface area contributed by atoms with Gasteiger partial charge in [-0.05, 0) is 36.8 Å². The molecule has 4 heterocycles. The van der Waals surface area contributed by atoms with Crippen molar-refractivity contribution in [2.45, 2.75) is 18.5 Å². The fourth-order valence-corrected chi connectivity index (χ4v) is 3.31. The van der Waals surface area contributed by atoms with Crippen molar-refractivity contribution in [2.75, 3.05) is 18.4 Å². The zero-order chi connectivity index (χ0) is 21.1. The summed E-state index contributed by atoms with van der Waals surface area (Å²) in [4.78, 5) is 30.7. The summed E-state index contributed by atoms with van der Waals surface area (Å²) < 4.78 is 38.6. The second kappa shape index (κ2) is 8.05. The van der Waals surface area contributed by atoms with Crippen LogP contribution in [-0.4, -0.2) is 43.8 Å². The number of rotatable bonds is 4. The number of amides is 1. The number of carbonyl (C=O) groups excluding carboxylic acids is 1. The minimum absolute atomic E-state index is 0.00165. The van der Waals surface area contributed by atoms with Crippen LogP contribution in [-0.2, 0) is 6.18 Å². The van der Waals surface area contributed by atoms with Crippen molar-refractivity contribution in [2.24, 2.45) is 0 Å². The molecular weight excluding hydrogens is 397 g/mol. The zero-order valence-electron chi connectivity index (χ0n) is 15.7. The molecular formula is C20H17F3N6O. The normalized spacial score (nSPS) is 16.5. The lowest BCUT2D eigenvalue weighted by Gasteiger charge is -2.16. The summed E-state index contributed by atoms with van der Waals surface area (Å²) in [7, 11) is 0. The number of nitrogens with one attached hydrogen (secondary N) is 1. The topological polar surface area (TPSA) is 83.9 Å². The van der Waals surface area contributed by atoms with Gasteiger partial charge in [0, 0.05) is 43.8 Å². The number of hydrogen-bond donors (Lipinski definition) is 1. The number of alkyl halides is 3. The highest BCUT2D eigenvalue weighted by molar-refractivity contribution is 5.94. The third kappa shape index (κ3) is 4.37. The van der Waals surface area contributed by atoms with Gasteiger partial charge in [-0.3, -0.25) is 9.78 Å². The summed E-state index contributed by atoms with van der Waals surface area (Å²) in [5, 5.41) is 2.72. The molecule has 0 spiro atoms.